The van der Waals surface area contributed by atoms with Crippen LogP contribution in [-0.4, -0.2) is 90.1 Å². The molecule has 2 saturated heterocycles. The third-order valence-corrected chi connectivity index (χ3v) is 15.2. The molecule has 6 aromatic carbocycles. The zero-order chi connectivity index (χ0) is 61.4. The summed E-state index contributed by atoms with van der Waals surface area (Å²) in [6.45, 7) is 4.57. The standard InChI is InChI=1S/C66H77N2O11S.F6P/c1-3-80-66-64(76-46-55-35-21-9-22-36-55)62(74-44-53-31-17-7-18-32-53)60(57(78-66)48-71-58(69)37-23-10-24-38-68-40-39-67(2)49-68)79-65-63(75-45-54-33-19-8-20-34-54)61(73-43-52-29-15-6-16-30-52)59(72-42-51-27-13-5-14-28-51)56(77-65)47-70-41-50-25-11-4-12-26-50;1-7(2,3,4,5)6/h4-9,11-22,25-36,39-40,49,56-57,59-66H,3,10,23-24,37-38,41-48H2,1-2H3;/q+1;-1/t56-,57-,59-,60-,61+,62+,63-,64-,65-,66+;/m1./s1. The molecule has 9 rings (SSSR count). The molecule has 3 heterocycles. The molecule has 0 bridgehead atoms. The van der Waals surface area contributed by atoms with Crippen LogP contribution in [0.3, 0.4) is 0 Å². The number of thioether (sulfide) groups is 1. The summed E-state index contributed by atoms with van der Waals surface area (Å²) in [5.41, 5.74) is 5.36. The predicted octanol–water partition coefficient (Wildman–Crippen LogP) is 14.5. The fourth-order valence-electron chi connectivity index (χ4n) is 10.0. The Balaban J connectivity index is 0.00000132. The van der Waals surface area contributed by atoms with Gasteiger partial charge in [-0.05, 0) is 58.4 Å². The number of ether oxygens (including phenoxy) is 10. The molecule has 2 fully saturated rings. The van der Waals surface area contributed by atoms with Crippen LogP contribution in [0.25, 0.3) is 0 Å². The molecular weight excluding hydrogens is 1170 g/mol. The summed E-state index contributed by atoms with van der Waals surface area (Å²) in [7, 11) is -8.65. The van der Waals surface area contributed by atoms with E-state index in [0.29, 0.717) is 13.0 Å². The van der Waals surface area contributed by atoms with Gasteiger partial charge < -0.3 is 47.4 Å². The number of halogens is 6. The van der Waals surface area contributed by atoms with Gasteiger partial charge in [-0.25, -0.2) is 9.13 Å². The van der Waals surface area contributed by atoms with Crippen molar-refractivity contribution < 1.29 is 81.9 Å². The van der Waals surface area contributed by atoms with Crippen LogP contribution in [0.2, 0.25) is 0 Å². The van der Waals surface area contributed by atoms with Crippen molar-refractivity contribution in [2.45, 2.75) is 139 Å². The molecule has 87 heavy (non-hydrogen) atoms. The predicted molar refractivity (Wildman–Crippen MR) is 320 cm³/mol. The van der Waals surface area contributed by atoms with Crippen molar-refractivity contribution in [1.82, 2.24) is 4.57 Å². The Morgan fingerprint density at radius 2 is 0.908 bits per heavy atom. The molecular formula is C66H77F6N2O11PS. The van der Waals surface area contributed by atoms with Gasteiger partial charge >= 0.3 is 39.0 Å². The van der Waals surface area contributed by atoms with Crippen molar-refractivity contribution >= 4 is 25.5 Å². The number of aromatic nitrogens is 2. The number of hydrogen-bond donors (Lipinski definition) is 0. The van der Waals surface area contributed by atoms with E-state index in [4.69, 9.17) is 47.4 Å². The van der Waals surface area contributed by atoms with E-state index in [-0.39, 0.29) is 58.6 Å². The molecule has 21 heteroatoms. The molecule has 0 saturated carbocycles. The number of nitrogens with zero attached hydrogens (tertiary/aromatic N) is 2. The van der Waals surface area contributed by atoms with Crippen molar-refractivity contribution in [1.29, 1.82) is 0 Å². The quantitative estimate of drug-likeness (QED) is 0.0135. The molecule has 470 valence electrons. The molecule has 0 radical (unpaired) electrons. The van der Waals surface area contributed by atoms with E-state index in [1.54, 1.807) is 11.8 Å². The van der Waals surface area contributed by atoms with Crippen molar-refractivity contribution in [3.05, 3.63) is 234 Å². The number of rotatable bonds is 31. The van der Waals surface area contributed by atoms with Crippen LogP contribution in [0, 0.1) is 0 Å². The number of esters is 1. The van der Waals surface area contributed by atoms with Crippen LogP contribution in [0.15, 0.2) is 201 Å². The van der Waals surface area contributed by atoms with Crippen LogP contribution in [0.4, 0.5) is 25.2 Å². The Morgan fingerprint density at radius 3 is 1.34 bits per heavy atom. The fraction of sp³-hybridized carbons (Fsp3) is 0.394. The van der Waals surface area contributed by atoms with Gasteiger partial charge in [-0.3, -0.25) is 4.79 Å². The first-order valence-electron chi connectivity index (χ1n) is 29.1. The molecule has 0 spiro atoms. The summed E-state index contributed by atoms with van der Waals surface area (Å²) in [5, 5.41) is 0. The minimum absolute atomic E-state index is 0.108. The molecule has 0 N–H and O–H groups in total. The Bertz CT molecular complexity index is 3050. The Hall–Kier alpha value is -6.00. The van der Waals surface area contributed by atoms with Crippen LogP contribution >= 0.6 is 19.6 Å². The summed E-state index contributed by atoms with van der Waals surface area (Å²) in [5.74, 6) is 0.405. The molecule has 2 aliphatic rings. The number of carbonyl (C=O) groups is 1. The number of aryl methyl sites for hydroxylation is 2. The van der Waals surface area contributed by atoms with Gasteiger partial charge in [0, 0.05) is 6.42 Å². The van der Waals surface area contributed by atoms with E-state index in [1.807, 2.05) is 200 Å². The van der Waals surface area contributed by atoms with Crippen LogP contribution in [0.1, 0.15) is 66.0 Å². The van der Waals surface area contributed by atoms with Crippen LogP contribution < -0.4 is 4.57 Å². The summed E-state index contributed by atoms with van der Waals surface area (Å²) in [4.78, 5) is 13.8. The summed E-state index contributed by atoms with van der Waals surface area (Å²) >= 11 is 1.61. The van der Waals surface area contributed by atoms with Crippen molar-refractivity contribution in [3.63, 3.8) is 0 Å². The van der Waals surface area contributed by atoms with E-state index in [1.165, 1.54) is 0 Å². The first kappa shape index (κ1) is 66.9. The molecule has 13 nitrogen and oxygen atoms in total. The maximum atomic E-state index is 13.8. The molecule has 1 aromatic heterocycles. The summed E-state index contributed by atoms with van der Waals surface area (Å²) in [6.07, 6.45) is 1.42. The first-order valence-corrected chi connectivity index (χ1v) is 32.2. The molecule has 0 amide bonds. The molecule has 7 aromatic rings. The number of hydrogen-bond acceptors (Lipinski definition) is 12. The van der Waals surface area contributed by atoms with Crippen LogP contribution in [0.5, 0.6) is 0 Å². The average Bonchev–Trinajstić information content (AvgIpc) is 1.42. The first-order chi connectivity index (χ1) is 41.9. The monoisotopic (exact) mass is 1250 g/mol. The van der Waals surface area contributed by atoms with Gasteiger partial charge in [0.2, 0.25) is 6.33 Å². The Labute approximate surface area is 509 Å². The Kier molecular flexibility index (Phi) is 25.0. The SMILES string of the molecule is CCS[C@@H]1O[C@H](COC(=O)CCCCCn2cc[n+](C)c2)[C@@H](O[C@H]2O[C@H](COCc3ccccc3)[C@@H](OCc3ccccc3)[C@H](OCc3ccccc3)[C@H]2OCc2ccccc2)[C@H](OCc2ccccc2)[C@H]1OCc1ccccc1.F[P-](F)(F)(F)(F)F. The van der Waals surface area contributed by atoms with E-state index in [2.05, 4.69) is 24.0 Å². The van der Waals surface area contributed by atoms with Gasteiger partial charge in [0.05, 0.1) is 59.8 Å². The third kappa shape index (κ3) is 24.1. The molecule has 0 aliphatic carbocycles. The van der Waals surface area contributed by atoms with E-state index < -0.39 is 68.4 Å². The Morgan fingerprint density at radius 1 is 0.506 bits per heavy atom. The second-order valence-corrected chi connectivity index (χ2v) is 24.5. The van der Waals surface area contributed by atoms with E-state index in [0.717, 1.165) is 58.5 Å². The van der Waals surface area contributed by atoms with Crippen molar-refractivity contribution in [2.75, 3.05) is 19.0 Å². The average molecular weight is 1250 g/mol. The van der Waals surface area contributed by atoms with Crippen molar-refractivity contribution in [3.8, 4) is 0 Å². The molecule has 2 aliphatic heterocycles. The number of carbonyl (C=O) groups excluding carboxylic acids is 1. The second kappa shape index (κ2) is 32.5. The van der Waals surface area contributed by atoms with E-state index in [9.17, 15) is 30.0 Å². The summed E-state index contributed by atoms with van der Waals surface area (Å²) < 4.78 is 134. The van der Waals surface area contributed by atoms with Crippen LogP contribution in [-0.2, 0) is 105 Å². The molecule has 10 atom stereocenters. The van der Waals surface area contributed by atoms with Gasteiger partial charge in [-0.1, -0.05) is 189 Å². The third-order valence-electron chi connectivity index (χ3n) is 14.2. The maximum absolute atomic E-state index is 13.8. The normalized spacial score (nSPS) is 22.9. The molecule has 0 unspecified atom stereocenters. The zero-order valence-electron chi connectivity index (χ0n) is 48.7. The van der Waals surface area contributed by atoms with Gasteiger partial charge in [0.25, 0.3) is 0 Å². The van der Waals surface area contributed by atoms with Gasteiger partial charge in [0.1, 0.15) is 73.3 Å². The number of benzene rings is 6. The number of unbranched alkanes of at least 4 members (excludes halogenated alkanes) is 2. The summed E-state index contributed by atoms with van der Waals surface area (Å²) in [6, 6.07) is 60.3. The van der Waals surface area contributed by atoms with Gasteiger partial charge in [-0.2, -0.15) is 0 Å². The second-order valence-electron chi connectivity index (χ2n) is 21.2. The van der Waals surface area contributed by atoms with Gasteiger partial charge in [-0.15, -0.1) is 11.8 Å². The number of imidazole rings is 1. The van der Waals surface area contributed by atoms with Gasteiger partial charge in [0.15, 0.2) is 6.29 Å². The fourth-order valence-corrected chi connectivity index (χ4v) is 11.0. The zero-order valence-corrected chi connectivity index (χ0v) is 50.4. The van der Waals surface area contributed by atoms with Crippen molar-refractivity contribution in [2.24, 2.45) is 7.05 Å². The minimum atomic E-state index is -10.7. The topological polar surface area (TPSA) is 118 Å². The van der Waals surface area contributed by atoms with E-state index >= 15 is 0 Å².